The number of benzene rings is 2. The van der Waals surface area contributed by atoms with E-state index >= 15 is 0 Å². The summed E-state index contributed by atoms with van der Waals surface area (Å²) >= 11 is 0. The zero-order valence-corrected chi connectivity index (χ0v) is 11.6. The van der Waals surface area contributed by atoms with Gasteiger partial charge < -0.3 is 14.8 Å². The van der Waals surface area contributed by atoms with E-state index in [4.69, 9.17) is 9.47 Å². The average Bonchev–Trinajstić information content (AvgIpc) is 2.95. The average molecular weight is 269 g/mol. The molecule has 0 fully saturated rings. The van der Waals surface area contributed by atoms with E-state index in [0.29, 0.717) is 6.61 Å². The normalized spacial score (nSPS) is 14.4. The largest absolute Gasteiger partial charge is 0.493 e. The molecule has 20 heavy (non-hydrogen) atoms. The van der Waals surface area contributed by atoms with E-state index in [9.17, 15) is 0 Å². The van der Waals surface area contributed by atoms with E-state index < -0.39 is 0 Å². The minimum Gasteiger partial charge on any atom is -0.493 e. The molecule has 1 aliphatic rings. The first-order chi connectivity index (χ1) is 9.86. The zero-order chi connectivity index (χ0) is 13.8. The van der Waals surface area contributed by atoms with E-state index in [1.165, 1.54) is 11.1 Å². The Labute approximate surface area is 119 Å². The van der Waals surface area contributed by atoms with Crippen LogP contribution in [0.3, 0.4) is 0 Å². The Balaban J connectivity index is 1.80. The summed E-state index contributed by atoms with van der Waals surface area (Å²) in [6.45, 7) is 1.43. The number of fused-ring (bicyclic) bond motifs is 1. The molecule has 3 rings (SSSR count). The van der Waals surface area contributed by atoms with Crippen LogP contribution >= 0.6 is 0 Å². The molecule has 1 aliphatic heterocycles. The minimum atomic E-state index is 0.154. The summed E-state index contributed by atoms with van der Waals surface area (Å²) in [5.41, 5.74) is 3.62. The molecule has 2 aromatic rings. The van der Waals surface area contributed by atoms with Crippen molar-refractivity contribution in [2.24, 2.45) is 0 Å². The molecule has 1 heterocycles. The molecule has 0 amide bonds. The number of methoxy groups -OCH3 is 1. The molecule has 0 aliphatic carbocycles. The number of hydrogen-bond acceptors (Lipinski definition) is 3. The molecule has 0 saturated heterocycles. The summed E-state index contributed by atoms with van der Waals surface area (Å²) in [4.78, 5) is 0. The molecule has 3 nitrogen and oxygen atoms in total. The fraction of sp³-hybridized carbons (Fsp3) is 0.294. The highest BCUT2D eigenvalue weighted by Gasteiger charge is 2.15. The van der Waals surface area contributed by atoms with Crippen molar-refractivity contribution in [3.8, 4) is 5.75 Å². The molecule has 1 unspecified atom stereocenters. The van der Waals surface area contributed by atoms with Gasteiger partial charge in [-0.1, -0.05) is 30.3 Å². The van der Waals surface area contributed by atoms with Crippen molar-refractivity contribution in [1.82, 2.24) is 0 Å². The Hall–Kier alpha value is -2.00. The Morgan fingerprint density at radius 2 is 2.05 bits per heavy atom. The molecular formula is C17H19NO2. The van der Waals surface area contributed by atoms with Crippen LogP contribution in [0, 0.1) is 0 Å². The summed E-state index contributed by atoms with van der Waals surface area (Å²) in [7, 11) is 1.73. The standard InChI is InChI=1S/C17H19NO2/c1-19-12-16(13-5-3-2-4-6-13)18-15-7-8-17-14(11-15)9-10-20-17/h2-8,11,16,18H,9-10,12H2,1H3. The van der Waals surface area contributed by atoms with Crippen LogP contribution < -0.4 is 10.1 Å². The van der Waals surface area contributed by atoms with Crippen molar-refractivity contribution in [3.63, 3.8) is 0 Å². The lowest BCUT2D eigenvalue weighted by molar-refractivity contribution is 0.186. The topological polar surface area (TPSA) is 30.5 Å². The number of anilines is 1. The van der Waals surface area contributed by atoms with Crippen LogP contribution in [-0.2, 0) is 11.2 Å². The third-order valence-electron chi connectivity index (χ3n) is 3.57. The van der Waals surface area contributed by atoms with E-state index in [-0.39, 0.29) is 6.04 Å². The monoisotopic (exact) mass is 269 g/mol. The predicted molar refractivity (Wildman–Crippen MR) is 80.3 cm³/mol. The Morgan fingerprint density at radius 1 is 1.20 bits per heavy atom. The van der Waals surface area contributed by atoms with Crippen LogP contribution in [0.1, 0.15) is 17.2 Å². The third kappa shape index (κ3) is 2.78. The van der Waals surface area contributed by atoms with E-state index in [2.05, 4.69) is 41.7 Å². The first kappa shape index (κ1) is 13.0. The van der Waals surface area contributed by atoms with Gasteiger partial charge in [-0.2, -0.15) is 0 Å². The zero-order valence-electron chi connectivity index (χ0n) is 11.6. The van der Waals surface area contributed by atoms with Crippen LogP contribution in [0.4, 0.5) is 5.69 Å². The van der Waals surface area contributed by atoms with Crippen molar-refractivity contribution in [2.45, 2.75) is 12.5 Å². The maximum atomic E-state index is 5.54. The fourth-order valence-corrected chi connectivity index (χ4v) is 2.55. The quantitative estimate of drug-likeness (QED) is 0.902. The van der Waals surface area contributed by atoms with Gasteiger partial charge in [0.1, 0.15) is 5.75 Å². The molecule has 1 N–H and O–H groups in total. The van der Waals surface area contributed by atoms with Gasteiger partial charge in [0.05, 0.1) is 19.3 Å². The van der Waals surface area contributed by atoms with Crippen LogP contribution in [0.2, 0.25) is 0 Å². The molecule has 0 saturated carbocycles. The van der Waals surface area contributed by atoms with Crippen molar-refractivity contribution < 1.29 is 9.47 Å². The van der Waals surface area contributed by atoms with Crippen LogP contribution in [0.25, 0.3) is 0 Å². The molecule has 104 valence electrons. The first-order valence-electron chi connectivity index (χ1n) is 6.93. The number of rotatable bonds is 5. The van der Waals surface area contributed by atoms with Gasteiger partial charge in [-0.25, -0.2) is 0 Å². The maximum Gasteiger partial charge on any atom is 0.122 e. The van der Waals surface area contributed by atoms with Crippen molar-refractivity contribution in [3.05, 3.63) is 59.7 Å². The van der Waals surface area contributed by atoms with Gasteiger partial charge in [0.2, 0.25) is 0 Å². The Morgan fingerprint density at radius 3 is 2.85 bits per heavy atom. The smallest absolute Gasteiger partial charge is 0.122 e. The second-order valence-corrected chi connectivity index (χ2v) is 4.98. The highest BCUT2D eigenvalue weighted by Crippen LogP contribution is 2.29. The summed E-state index contributed by atoms with van der Waals surface area (Å²) in [6.07, 6.45) is 0.991. The molecule has 0 bridgehead atoms. The molecule has 1 atom stereocenters. The number of nitrogens with one attached hydrogen (secondary N) is 1. The Bertz CT molecular complexity index is 568. The first-order valence-corrected chi connectivity index (χ1v) is 6.93. The van der Waals surface area contributed by atoms with Gasteiger partial charge in [-0.05, 0) is 29.3 Å². The SMILES string of the molecule is COCC(Nc1ccc2c(c1)CCO2)c1ccccc1. The van der Waals surface area contributed by atoms with Gasteiger partial charge in [0.15, 0.2) is 0 Å². The van der Waals surface area contributed by atoms with Crippen LogP contribution in [0.5, 0.6) is 5.75 Å². The Kier molecular flexibility index (Phi) is 3.88. The van der Waals surface area contributed by atoms with Crippen molar-refractivity contribution in [2.75, 3.05) is 25.6 Å². The molecule has 0 radical (unpaired) electrons. The second kappa shape index (κ2) is 5.97. The molecule has 2 aromatic carbocycles. The second-order valence-electron chi connectivity index (χ2n) is 4.98. The number of hydrogen-bond donors (Lipinski definition) is 1. The van der Waals surface area contributed by atoms with E-state index in [1.54, 1.807) is 7.11 Å². The molecule has 0 spiro atoms. The maximum absolute atomic E-state index is 5.54. The lowest BCUT2D eigenvalue weighted by Crippen LogP contribution is -2.16. The lowest BCUT2D eigenvalue weighted by Gasteiger charge is -2.20. The summed E-state index contributed by atoms with van der Waals surface area (Å²) in [5.74, 6) is 1.01. The summed E-state index contributed by atoms with van der Waals surface area (Å²) < 4.78 is 10.9. The van der Waals surface area contributed by atoms with E-state index in [1.807, 2.05) is 12.1 Å². The third-order valence-corrected chi connectivity index (χ3v) is 3.57. The van der Waals surface area contributed by atoms with Gasteiger partial charge in [-0.15, -0.1) is 0 Å². The van der Waals surface area contributed by atoms with E-state index in [0.717, 1.165) is 24.5 Å². The number of ether oxygens (including phenoxy) is 2. The fourth-order valence-electron chi connectivity index (χ4n) is 2.55. The van der Waals surface area contributed by atoms with Gasteiger partial charge in [0, 0.05) is 19.2 Å². The van der Waals surface area contributed by atoms with Gasteiger partial charge in [0.25, 0.3) is 0 Å². The highest BCUT2D eigenvalue weighted by atomic mass is 16.5. The van der Waals surface area contributed by atoms with Crippen molar-refractivity contribution in [1.29, 1.82) is 0 Å². The van der Waals surface area contributed by atoms with Crippen molar-refractivity contribution >= 4 is 5.69 Å². The van der Waals surface area contributed by atoms with Gasteiger partial charge >= 0.3 is 0 Å². The van der Waals surface area contributed by atoms with Crippen LogP contribution in [-0.4, -0.2) is 20.3 Å². The summed E-state index contributed by atoms with van der Waals surface area (Å²) in [5, 5.41) is 3.55. The van der Waals surface area contributed by atoms with Gasteiger partial charge in [-0.3, -0.25) is 0 Å². The minimum absolute atomic E-state index is 0.154. The molecule has 3 heteroatoms. The molecule has 0 aromatic heterocycles. The predicted octanol–water partition coefficient (Wildman–Crippen LogP) is 3.42. The molecular weight excluding hydrogens is 250 g/mol. The lowest BCUT2D eigenvalue weighted by atomic mass is 10.1. The summed E-state index contributed by atoms with van der Waals surface area (Å²) in [6, 6.07) is 16.8. The van der Waals surface area contributed by atoms with Crippen LogP contribution in [0.15, 0.2) is 48.5 Å². The highest BCUT2D eigenvalue weighted by molar-refractivity contribution is 5.53.